The zero-order valence-electron chi connectivity index (χ0n) is 16.8. The number of ether oxygens (including phenoxy) is 1. The number of carbonyl (C=O) groups excluding carboxylic acids is 1. The fourth-order valence-corrected chi connectivity index (χ4v) is 3.44. The topological polar surface area (TPSA) is 49.8 Å². The second kappa shape index (κ2) is 13.8. The van der Waals surface area contributed by atoms with E-state index in [1.165, 1.54) is 45.1 Å². The van der Waals surface area contributed by atoms with Gasteiger partial charge in [-0.3, -0.25) is 4.79 Å². The van der Waals surface area contributed by atoms with E-state index in [0.717, 1.165) is 31.6 Å². The Hall–Kier alpha value is -1.39. The van der Waals surface area contributed by atoms with Crippen LogP contribution in [0.2, 0.25) is 0 Å². The van der Waals surface area contributed by atoms with Crippen molar-refractivity contribution in [2.24, 2.45) is 5.92 Å². The summed E-state index contributed by atoms with van der Waals surface area (Å²) in [5, 5.41) is 7.00. The molecule has 1 heterocycles. The third-order valence-corrected chi connectivity index (χ3v) is 5.30. The SMILES string of the molecule is CO.C[C@@H]1CCCN1C.O=C(OCc1ccccc1)C1CCCCCC1. The molecule has 2 aliphatic rings. The van der Waals surface area contributed by atoms with E-state index in [1.54, 1.807) is 0 Å². The molecule has 148 valence electrons. The summed E-state index contributed by atoms with van der Waals surface area (Å²) in [6.45, 7) is 4.00. The first-order valence-electron chi connectivity index (χ1n) is 10.0. The molecule has 0 radical (unpaired) electrons. The van der Waals surface area contributed by atoms with E-state index in [1.807, 2.05) is 30.3 Å². The van der Waals surface area contributed by atoms with Gasteiger partial charge >= 0.3 is 5.97 Å². The zero-order chi connectivity index (χ0) is 19.2. The van der Waals surface area contributed by atoms with Gasteiger partial charge in [-0.2, -0.15) is 0 Å². The molecular weight excluding hydrogens is 326 g/mol. The van der Waals surface area contributed by atoms with E-state index in [4.69, 9.17) is 9.84 Å². The number of esters is 1. The molecule has 1 N–H and O–H groups in total. The largest absolute Gasteiger partial charge is 0.461 e. The second-order valence-corrected chi connectivity index (χ2v) is 7.25. The van der Waals surface area contributed by atoms with Crippen LogP contribution in [0.3, 0.4) is 0 Å². The predicted molar refractivity (Wildman–Crippen MR) is 107 cm³/mol. The minimum Gasteiger partial charge on any atom is -0.461 e. The smallest absolute Gasteiger partial charge is 0.309 e. The maximum absolute atomic E-state index is 11.9. The maximum Gasteiger partial charge on any atom is 0.309 e. The zero-order valence-corrected chi connectivity index (χ0v) is 16.8. The maximum atomic E-state index is 11.9. The van der Waals surface area contributed by atoms with Crippen LogP contribution >= 0.6 is 0 Å². The van der Waals surface area contributed by atoms with E-state index in [2.05, 4.69) is 18.9 Å². The molecule has 4 nitrogen and oxygen atoms in total. The summed E-state index contributed by atoms with van der Waals surface area (Å²) < 4.78 is 5.38. The Morgan fingerprint density at radius 1 is 1.04 bits per heavy atom. The van der Waals surface area contributed by atoms with Gasteiger partial charge in [0.25, 0.3) is 0 Å². The average Bonchev–Trinajstić information content (AvgIpc) is 2.92. The summed E-state index contributed by atoms with van der Waals surface area (Å²) in [6.07, 6.45) is 9.69. The normalized spacial score (nSPS) is 20.8. The van der Waals surface area contributed by atoms with Crippen LogP contribution in [0.4, 0.5) is 0 Å². The summed E-state index contributed by atoms with van der Waals surface area (Å²) in [5.41, 5.74) is 1.06. The molecule has 0 amide bonds. The molecule has 26 heavy (non-hydrogen) atoms. The second-order valence-electron chi connectivity index (χ2n) is 7.25. The number of aliphatic hydroxyl groups excluding tert-OH is 1. The third-order valence-electron chi connectivity index (χ3n) is 5.30. The van der Waals surface area contributed by atoms with Crippen molar-refractivity contribution in [2.75, 3.05) is 20.7 Å². The van der Waals surface area contributed by atoms with E-state index in [-0.39, 0.29) is 11.9 Å². The quantitative estimate of drug-likeness (QED) is 0.638. The molecule has 1 aliphatic carbocycles. The number of carbonyl (C=O) groups is 1. The minimum absolute atomic E-state index is 0.00393. The van der Waals surface area contributed by atoms with Crippen molar-refractivity contribution in [1.29, 1.82) is 0 Å². The lowest BCUT2D eigenvalue weighted by Crippen LogP contribution is -2.20. The molecule has 2 fully saturated rings. The molecule has 1 saturated carbocycles. The first kappa shape index (κ1) is 22.7. The van der Waals surface area contributed by atoms with Crippen molar-refractivity contribution in [3.63, 3.8) is 0 Å². The van der Waals surface area contributed by atoms with E-state index >= 15 is 0 Å². The van der Waals surface area contributed by atoms with Crippen LogP contribution in [0.5, 0.6) is 0 Å². The molecule has 0 bridgehead atoms. The molecule has 1 atom stereocenters. The fraction of sp³-hybridized carbons (Fsp3) is 0.682. The molecule has 1 aromatic rings. The summed E-state index contributed by atoms with van der Waals surface area (Å²) in [5.74, 6) is 0.136. The molecule has 0 aromatic heterocycles. The van der Waals surface area contributed by atoms with Crippen molar-refractivity contribution >= 4 is 5.97 Å². The highest BCUT2D eigenvalue weighted by Gasteiger charge is 2.21. The van der Waals surface area contributed by atoms with Crippen molar-refractivity contribution in [1.82, 2.24) is 4.90 Å². The van der Waals surface area contributed by atoms with Gasteiger partial charge in [0.15, 0.2) is 0 Å². The Kier molecular flexibility index (Phi) is 12.0. The van der Waals surface area contributed by atoms with Gasteiger partial charge in [-0.15, -0.1) is 0 Å². The van der Waals surface area contributed by atoms with Gasteiger partial charge in [-0.25, -0.2) is 0 Å². The van der Waals surface area contributed by atoms with E-state index in [0.29, 0.717) is 6.61 Å². The number of likely N-dealkylation sites (tertiary alicyclic amines) is 1. The fourth-order valence-electron chi connectivity index (χ4n) is 3.44. The molecule has 1 aliphatic heterocycles. The number of benzene rings is 1. The highest BCUT2D eigenvalue weighted by molar-refractivity contribution is 5.72. The number of hydrogen-bond donors (Lipinski definition) is 1. The molecule has 3 rings (SSSR count). The lowest BCUT2D eigenvalue weighted by atomic mass is 10.0. The lowest BCUT2D eigenvalue weighted by Gasteiger charge is -2.13. The van der Waals surface area contributed by atoms with Crippen molar-refractivity contribution in [3.8, 4) is 0 Å². The monoisotopic (exact) mass is 363 g/mol. The highest BCUT2D eigenvalue weighted by atomic mass is 16.5. The van der Waals surface area contributed by atoms with Crippen molar-refractivity contribution in [2.45, 2.75) is 70.9 Å². The van der Waals surface area contributed by atoms with Gasteiger partial charge in [-0.1, -0.05) is 56.0 Å². The average molecular weight is 364 g/mol. The predicted octanol–water partition coefficient (Wildman–Crippen LogP) is 4.41. The van der Waals surface area contributed by atoms with Gasteiger partial charge < -0.3 is 14.7 Å². The number of nitrogens with zero attached hydrogens (tertiary/aromatic N) is 1. The summed E-state index contributed by atoms with van der Waals surface area (Å²) in [4.78, 5) is 14.3. The van der Waals surface area contributed by atoms with Crippen molar-refractivity contribution in [3.05, 3.63) is 35.9 Å². The van der Waals surface area contributed by atoms with Crippen LogP contribution in [-0.2, 0) is 16.1 Å². The third kappa shape index (κ3) is 8.81. The number of aliphatic hydroxyl groups is 1. The van der Waals surface area contributed by atoms with Crippen LogP contribution in [0.1, 0.15) is 63.9 Å². The molecular formula is C22H37NO3. The Morgan fingerprint density at radius 3 is 2.12 bits per heavy atom. The van der Waals surface area contributed by atoms with E-state index in [9.17, 15) is 4.79 Å². The van der Waals surface area contributed by atoms with Gasteiger partial charge in [-0.05, 0) is 51.8 Å². The van der Waals surface area contributed by atoms with Crippen LogP contribution in [0.15, 0.2) is 30.3 Å². The first-order chi connectivity index (χ1) is 12.7. The first-order valence-corrected chi connectivity index (χ1v) is 10.0. The van der Waals surface area contributed by atoms with Crippen LogP contribution in [-0.4, -0.2) is 42.7 Å². The van der Waals surface area contributed by atoms with Gasteiger partial charge in [0.2, 0.25) is 0 Å². The van der Waals surface area contributed by atoms with Gasteiger partial charge in [0.1, 0.15) is 6.61 Å². The number of hydrogen-bond acceptors (Lipinski definition) is 4. The van der Waals surface area contributed by atoms with Crippen LogP contribution in [0, 0.1) is 5.92 Å². The Bertz CT molecular complexity index is 462. The summed E-state index contributed by atoms with van der Waals surface area (Å²) in [6, 6.07) is 10.7. The standard InChI is InChI=1S/C15H20O2.C6H13N.CH4O/c16-15(14-10-6-1-2-7-11-14)17-12-13-8-4-3-5-9-13;1-6-4-3-5-7(6)2;1-2/h3-5,8-9,14H,1-2,6-7,10-12H2;6H,3-5H2,1-2H3;2H,1H3/t;6-;/m.1./s1. The molecule has 1 aromatic carbocycles. The molecule has 0 unspecified atom stereocenters. The Labute approximate surface area is 159 Å². The van der Waals surface area contributed by atoms with Crippen LogP contribution in [0.25, 0.3) is 0 Å². The Morgan fingerprint density at radius 2 is 1.65 bits per heavy atom. The lowest BCUT2D eigenvalue weighted by molar-refractivity contribution is -0.150. The highest BCUT2D eigenvalue weighted by Crippen LogP contribution is 2.24. The molecule has 4 heteroatoms. The van der Waals surface area contributed by atoms with Crippen LogP contribution < -0.4 is 0 Å². The number of rotatable bonds is 3. The minimum atomic E-state index is -0.00393. The Balaban J connectivity index is 0.000000313. The van der Waals surface area contributed by atoms with Gasteiger partial charge in [0.05, 0.1) is 5.92 Å². The molecule has 0 spiro atoms. The van der Waals surface area contributed by atoms with Crippen molar-refractivity contribution < 1.29 is 14.6 Å². The summed E-state index contributed by atoms with van der Waals surface area (Å²) in [7, 11) is 3.19. The molecule has 1 saturated heterocycles. The van der Waals surface area contributed by atoms with E-state index < -0.39 is 0 Å². The summed E-state index contributed by atoms with van der Waals surface area (Å²) >= 11 is 0. The van der Waals surface area contributed by atoms with Gasteiger partial charge in [0, 0.05) is 13.2 Å².